The second-order valence-corrected chi connectivity index (χ2v) is 8.55. The van der Waals surface area contributed by atoms with Gasteiger partial charge in [0.05, 0.1) is 0 Å². The fraction of sp³-hybridized carbons (Fsp3) is 0.500. The summed E-state index contributed by atoms with van der Waals surface area (Å²) in [6.07, 6.45) is -0.386. The van der Waals surface area contributed by atoms with Gasteiger partial charge in [-0.2, -0.15) is 0 Å². The Labute approximate surface area is 162 Å². The summed E-state index contributed by atoms with van der Waals surface area (Å²) < 4.78 is -1.80. The maximum Gasteiger partial charge on any atom is 0.134 e. The fourth-order valence-electron chi connectivity index (χ4n) is 4.08. The van der Waals surface area contributed by atoms with Gasteiger partial charge in [-0.25, -0.2) is 0 Å². The highest BCUT2D eigenvalue weighted by Gasteiger charge is 2.80. The molecule has 1 atom stereocenters. The lowest BCUT2D eigenvalue weighted by molar-refractivity contribution is 0.150. The number of rotatable bonds is 6. The van der Waals surface area contributed by atoms with Crippen molar-refractivity contribution in [3.8, 4) is 0 Å². The van der Waals surface area contributed by atoms with Crippen LogP contribution in [0.3, 0.4) is 0 Å². The third-order valence-corrected chi connectivity index (χ3v) is 6.56. The predicted octanol–water partition coefficient (Wildman–Crippen LogP) is -1.31. The Balaban J connectivity index is 4.45. The minimum absolute atomic E-state index is 0.144. The minimum atomic E-state index is -2.53. The topological polar surface area (TPSA) is 299 Å². The number of nitrogens with two attached hydrogens (primary N) is 6. The number of alkyl halides is 2. The highest BCUT2D eigenvalue weighted by Crippen LogP contribution is 2.67. The molecule has 1 rings (SSSR count). The molecule has 0 heterocycles. The lowest BCUT2D eigenvalue weighted by Crippen LogP contribution is -2.83. The molecule has 18 N–H and O–H groups in total. The molecule has 1 aliphatic rings. The van der Waals surface area contributed by atoms with E-state index in [4.69, 9.17) is 78.5 Å². The molecule has 144 valence electrons. The van der Waals surface area contributed by atoms with Gasteiger partial charge in [-0.15, -0.1) is 11.6 Å². The van der Waals surface area contributed by atoms with Crippen molar-refractivity contribution in [2.75, 3.05) is 0 Å². The largest absolute Gasteiger partial charge is 0.387 e. The van der Waals surface area contributed by atoms with Crippen LogP contribution in [0.4, 0.5) is 0 Å². The number of halogens is 2. The number of hydrogen-bond donors (Lipinski definition) is 12. The Kier molecular flexibility index (Phi) is 5.06. The average Bonchev–Trinajstić information content (AvgIpc) is 2.43. The van der Waals surface area contributed by atoms with Crippen LogP contribution in [0.5, 0.6) is 0 Å². The molecule has 1 unspecified atom stereocenters. The first kappa shape index (κ1) is 21.6. The summed E-state index contributed by atoms with van der Waals surface area (Å²) in [5, 5.41) is 48.8. The Morgan fingerprint density at radius 1 is 0.615 bits per heavy atom. The molecule has 0 aromatic carbocycles. The summed E-state index contributed by atoms with van der Waals surface area (Å²) >= 11 is 9.72. The van der Waals surface area contributed by atoms with Crippen molar-refractivity contribution in [2.45, 2.75) is 16.6 Å². The number of nitrogens with one attached hydrogen (secondary N) is 6. The van der Waals surface area contributed by atoms with Gasteiger partial charge in [0, 0.05) is 0 Å². The van der Waals surface area contributed by atoms with Crippen LogP contribution in [0, 0.1) is 48.7 Å². The first-order valence-corrected chi connectivity index (χ1v) is 8.24. The lowest BCUT2D eigenvalue weighted by atomic mass is 9.41. The molecule has 14 heteroatoms. The predicted molar refractivity (Wildman–Crippen MR) is 106 cm³/mol. The van der Waals surface area contributed by atoms with Gasteiger partial charge in [0.15, 0.2) is 0 Å². The van der Waals surface area contributed by atoms with Crippen LogP contribution >= 0.6 is 27.5 Å². The van der Waals surface area contributed by atoms with Crippen LogP contribution in [0.2, 0.25) is 0 Å². The van der Waals surface area contributed by atoms with Crippen LogP contribution in [0.1, 0.15) is 12.8 Å². The second kappa shape index (κ2) is 6.09. The van der Waals surface area contributed by atoms with Crippen LogP contribution in [-0.4, -0.2) is 38.8 Å². The molecule has 26 heavy (non-hydrogen) atoms. The van der Waals surface area contributed by atoms with E-state index in [1.807, 2.05) is 0 Å². The molecular formula is C12H22BrClN12. The first-order valence-electron chi connectivity index (χ1n) is 7.07. The van der Waals surface area contributed by atoms with Gasteiger partial charge >= 0.3 is 0 Å². The minimum Gasteiger partial charge on any atom is -0.387 e. The first-order chi connectivity index (χ1) is 11.6. The van der Waals surface area contributed by atoms with E-state index in [2.05, 4.69) is 15.9 Å². The van der Waals surface area contributed by atoms with E-state index in [0.717, 1.165) is 0 Å². The second-order valence-electron chi connectivity index (χ2n) is 6.09. The molecule has 0 aromatic heterocycles. The van der Waals surface area contributed by atoms with Crippen LogP contribution in [0.25, 0.3) is 0 Å². The van der Waals surface area contributed by atoms with E-state index >= 15 is 0 Å². The maximum atomic E-state index is 8.20. The van der Waals surface area contributed by atoms with E-state index in [9.17, 15) is 0 Å². The Morgan fingerprint density at radius 3 is 1.15 bits per heavy atom. The quantitative estimate of drug-likeness (QED) is 0.132. The summed E-state index contributed by atoms with van der Waals surface area (Å²) in [6.45, 7) is 0. The van der Waals surface area contributed by atoms with Crippen molar-refractivity contribution in [3.05, 3.63) is 0 Å². The molecule has 0 spiro atoms. The van der Waals surface area contributed by atoms with Gasteiger partial charge in [0.2, 0.25) is 0 Å². The molecule has 1 saturated carbocycles. The molecule has 0 saturated heterocycles. The monoisotopic (exact) mass is 448 g/mol. The molecular weight excluding hydrogens is 428 g/mol. The summed E-state index contributed by atoms with van der Waals surface area (Å²) in [5.41, 5.74) is 27.5. The molecule has 0 bridgehead atoms. The highest BCUT2D eigenvalue weighted by molar-refractivity contribution is 9.10. The molecule has 12 nitrogen and oxygen atoms in total. The van der Waals surface area contributed by atoms with E-state index in [0.29, 0.717) is 0 Å². The van der Waals surface area contributed by atoms with Crippen LogP contribution < -0.4 is 34.4 Å². The van der Waals surface area contributed by atoms with Gasteiger partial charge < -0.3 is 34.4 Å². The lowest BCUT2D eigenvalue weighted by Gasteiger charge is -2.63. The highest BCUT2D eigenvalue weighted by atomic mass is 79.9. The standard InChI is InChI=1S/C12H22BrClN12/c13-10(14)2-1-9(3(15)16,4(17)18)11(5(19)20,6(21)22)12(10,7(23)24)8(25)26/h1-2H2,(H3,15,16)(H3,17,18)(H3,19,20)(H3,21,22)(H3,23,24)(H3,25,26). The van der Waals surface area contributed by atoms with Crippen LogP contribution in [0.15, 0.2) is 0 Å². The maximum absolute atomic E-state index is 8.20. The van der Waals surface area contributed by atoms with E-state index in [1.165, 1.54) is 0 Å². The number of amidine groups is 6. The van der Waals surface area contributed by atoms with Crippen molar-refractivity contribution in [2.24, 2.45) is 50.6 Å². The van der Waals surface area contributed by atoms with Crippen molar-refractivity contribution in [1.29, 1.82) is 32.5 Å². The van der Waals surface area contributed by atoms with Crippen molar-refractivity contribution in [1.82, 2.24) is 0 Å². The zero-order valence-corrected chi connectivity index (χ0v) is 16.0. The molecule has 0 radical (unpaired) electrons. The normalized spacial score (nSPS) is 36.7. The Morgan fingerprint density at radius 2 is 0.923 bits per heavy atom. The molecule has 0 aliphatic heterocycles. The van der Waals surface area contributed by atoms with Crippen molar-refractivity contribution in [3.63, 3.8) is 0 Å². The zero-order valence-electron chi connectivity index (χ0n) is 13.6. The van der Waals surface area contributed by atoms with Gasteiger partial charge in [0.25, 0.3) is 0 Å². The van der Waals surface area contributed by atoms with E-state index in [-0.39, 0.29) is 12.8 Å². The van der Waals surface area contributed by atoms with Crippen molar-refractivity contribution >= 4 is 62.5 Å². The van der Waals surface area contributed by atoms with Crippen LogP contribution in [-0.2, 0) is 0 Å². The van der Waals surface area contributed by atoms with Gasteiger partial charge in [-0.3, -0.25) is 32.5 Å². The summed E-state index contributed by atoms with van der Waals surface area (Å²) in [5.74, 6) is -5.03. The number of hydrogen-bond acceptors (Lipinski definition) is 6. The SMILES string of the molecule is N=C(N)C1(C(=N)N)CCC(Cl)(Br)C(C(=N)N)(C(=N)N)C1(C(=N)N)C(=N)N. The summed E-state index contributed by atoms with van der Waals surface area (Å²) in [4.78, 5) is 0. The molecule has 0 amide bonds. The summed E-state index contributed by atoms with van der Waals surface area (Å²) in [7, 11) is 0. The van der Waals surface area contributed by atoms with Crippen molar-refractivity contribution < 1.29 is 0 Å². The van der Waals surface area contributed by atoms with Gasteiger partial charge in [-0.05, 0) is 12.8 Å². The fourth-order valence-corrected chi connectivity index (χ4v) is 5.45. The molecule has 1 aliphatic carbocycles. The Bertz CT molecular complexity index is 698. The van der Waals surface area contributed by atoms with Gasteiger partial charge in [0.1, 0.15) is 55.0 Å². The smallest absolute Gasteiger partial charge is 0.134 e. The van der Waals surface area contributed by atoms with E-state index in [1.54, 1.807) is 0 Å². The molecule has 0 aromatic rings. The summed E-state index contributed by atoms with van der Waals surface area (Å²) in [6, 6.07) is 0. The average molecular weight is 450 g/mol. The Hall–Kier alpha value is -2.41. The third-order valence-electron chi connectivity index (χ3n) is 5.10. The van der Waals surface area contributed by atoms with E-state index < -0.39 is 55.0 Å². The molecule has 1 fully saturated rings. The van der Waals surface area contributed by atoms with Gasteiger partial charge in [-0.1, -0.05) is 15.9 Å². The third kappa shape index (κ3) is 2.00. The zero-order chi connectivity index (χ0) is 20.9.